The maximum absolute atomic E-state index is 13.2. The normalized spacial score (nSPS) is 30.2. The standard InChI is InChI=1S/C20H34BNO4/c1-15(23)22-16(2)26-21(17-11-7-5-8-12-17,18-13-9-6-10-14-18)20(22,3)19(24)25-4/h17-18H,5-14H2,1-4H3/t20-/m1/s1. The predicted octanol–water partition coefficient (Wildman–Crippen LogP) is 4.08. The number of nitrogens with zero attached hydrogens (tertiary/aromatic N) is 1. The Morgan fingerprint density at radius 2 is 1.50 bits per heavy atom. The van der Waals surface area contributed by atoms with E-state index in [0.717, 1.165) is 25.7 Å². The first-order valence-corrected chi connectivity index (χ1v) is 10.5. The average molecular weight is 363 g/mol. The van der Waals surface area contributed by atoms with Crippen LogP contribution >= 0.6 is 0 Å². The van der Waals surface area contributed by atoms with E-state index in [0.29, 0.717) is 17.5 Å². The molecule has 0 aromatic rings. The van der Waals surface area contributed by atoms with Crippen molar-refractivity contribution in [2.24, 2.45) is 0 Å². The van der Waals surface area contributed by atoms with E-state index in [-0.39, 0.29) is 11.9 Å². The van der Waals surface area contributed by atoms with Crippen LogP contribution in [0.2, 0.25) is 11.6 Å². The van der Waals surface area contributed by atoms with Gasteiger partial charge in [0.25, 0.3) is 12.2 Å². The van der Waals surface area contributed by atoms with E-state index < -0.39 is 11.8 Å². The van der Waals surface area contributed by atoms with Crippen molar-refractivity contribution in [2.75, 3.05) is 7.11 Å². The summed E-state index contributed by atoms with van der Waals surface area (Å²) in [6.45, 7) is 5.29. The number of rotatable bonds is 3. The highest BCUT2D eigenvalue weighted by Gasteiger charge is 2.70. The molecule has 0 radical (unpaired) electrons. The number of hydrogen-bond donors (Lipinski definition) is 0. The summed E-state index contributed by atoms with van der Waals surface area (Å²) in [6, 6.07) is 0. The Balaban J connectivity index is 2.17. The van der Waals surface area contributed by atoms with Gasteiger partial charge >= 0.3 is 11.9 Å². The smallest absolute Gasteiger partial charge is 0.384 e. The van der Waals surface area contributed by atoms with Gasteiger partial charge in [0.05, 0.1) is 21.0 Å². The molecule has 0 N–H and O–H groups in total. The van der Waals surface area contributed by atoms with Gasteiger partial charge in [-0.05, 0) is 6.92 Å². The van der Waals surface area contributed by atoms with Crippen molar-refractivity contribution in [3.05, 3.63) is 0 Å². The van der Waals surface area contributed by atoms with Gasteiger partial charge in [0.15, 0.2) is 5.44 Å². The van der Waals surface area contributed by atoms with Gasteiger partial charge in [0, 0.05) is 0 Å². The van der Waals surface area contributed by atoms with Gasteiger partial charge < -0.3 is 9.39 Å². The minimum absolute atomic E-state index is 0.134. The van der Waals surface area contributed by atoms with Crippen LogP contribution in [0.3, 0.4) is 0 Å². The maximum Gasteiger partial charge on any atom is 0.384 e. The summed E-state index contributed by atoms with van der Waals surface area (Å²) in [4.78, 5) is 25.8. The molecular formula is C20H34BNO4. The maximum atomic E-state index is 13.2. The second-order valence-electron chi connectivity index (χ2n) is 8.84. The van der Waals surface area contributed by atoms with Gasteiger partial charge in [0.2, 0.25) is 0 Å². The molecule has 3 aliphatic rings. The van der Waals surface area contributed by atoms with Gasteiger partial charge in [-0.25, -0.2) is 9.59 Å². The van der Waals surface area contributed by atoms with E-state index in [1.807, 2.05) is 13.8 Å². The van der Waals surface area contributed by atoms with Crippen LogP contribution < -0.4 is 0 Å². The Hall–Kier alpha value is -1.33. The zero-order valence-electron chi connectivity index (χ0n) is 16.9. The minimum Gasteiger partial charge on any atom is -0.663 e. The molecule has 2 fully saturated rings. The Labute approximate surface area is 157 Å². The van der Waals surface area contributed by atoms with Crippen molar-refractivity contribution in [3.8, 4) is 0 Å². The number of amides is 1. The third-order valence-electron chi connectivity index (χ3n) is 7.64. The molecule has 0 saturated heterocycles. The minimum atomic E-state index is -1.57. The Morgan fingerprint density at radius 3 is 1.88 bits per heavy atom. The zero-order chi connectivity index (χ0) is 18.9. The number of carbonyl (C=O) groups excluding carboxylic acids is 2. The van der Waals surface area contributed by atoms with Crippen molar-refractivity contribution in [3.63, 3.8) is 0 Å². The van der Waals surface area contributed by atoms with Gasteiger partial charge in [-0.1, -0.05) is 64.2 Å². The number of ether oxygens (including phenoxy) is 1. The topological polar surface area (TPSA) is 55.6 Å². The molecule has 1 amide bonds. The van der Waals surface area contributed by atoms with Crippen LogP contribution in [0.25, 0.3) is 0 Å². The van der Waals surface area contributed by atoms with E-state index in [1.165, 1.54) is 52.6 Å². The number of methoxy groups -OCH3 is 1. The summed E-state index contributed by atoms with van der Waals surface area (Å²) in [5.74, 6) is 0.818. The van der Waals surface area contributed by atoms with Crippen LogP contribution in [0.15, 0.2) is 0 Å². The molecular weight excluding hydrogens is 329 g/mol. The molecule has 1 heterocycles. The molecule has 0 unspecified atom stereocenters. The lowest BCUT2D eigenvalue weighted by Crippen LogP contribution is -2.70. The van der Waals surface area contributed by atoms with E-state index in [4.69, 9.17) is 9.39 Å². The van der Waals surface area contributed by atoms with Crippen molar-refractivity contribution >= 4 is 24.1 Å². The highest BCUT2D eigenvalue weighted by atomic mass is 16.5. The summed E-state index contributed by atoms with van der Waals surface area (Å²) in [5, 5.41) is 0. The van der Waals surface area contributed by atoms with Crippen LogP contribution in [-0.4, -0.2) is 41.2 Å². The summed E-state index contributed by atoms with van der Waals surface area (Å²) in [6.07, 6.45) is 10.0. The Bertz CT molecular complexity index is 587. The lowest BCUT2D eigenvalue weighted by atomic mass is 9.15. The van der Waals surface area contributed by atoms with Crippen molar-refractivity contribution in [2.45, 2.75) is 102 Å². The molecule has 0 aromatic heterocycles. The van der Waals surface area contributed by atoms with Crippen LogP contribution in [-0.2, 0) is 19.0 Å². The Kier molecular flexibility index (Phi) is 5.50. The van der Waals surface area contributed by atoms with Crippen LogP contribution in [0.5, 0.6) is 0 Å². The number of esters is 1. The third kappa shape index (κ3) is 2.71. The Morgan fingerprint density at radius 1 is 1.04 bits per heavy atom. The van der Waals surface area contributed by atoms with Gasteiger partial charge in [-0.2, -0.15) is 4.58 Å². The first-order valence-electron chi connectivity index (χ1n) is 10.5. The molecule has 26 heavy (non-hydrogen) atoms. The van der Waals surface area contributed by atoms with Crippen molar-refractivity contribution < 1.29 is 23.6 Å². The number of hydrogen-bond acceptors (Lipinski definition) is 4. The third-order valence-corrected chi connectivity index (χ3v) is 7.64. The molecule has 146 valence electrons. The molecule has 1 atom stereocenters. The molecule has 2 saturated carbocycles. The summed E-state index contributed by atoms with van der Waals surface area (Å²) >= 11 is 0. The molecule has 1 aliphatic heterocycles. The summed E-state index contributed by atoms with van der Waals surface area (Å²) in [5.41, 5.74) is -1.03. The lowest BCUT2D eigenvalue weighted by Gasteiger charge is -2.54. The highest BCUT2D eigenvalue weighted by Crippen LogP contribution is 2.56. The van der Waals surface area contributed by atoms with Gasteiger partial charge in [-0.3, -0.25) is 0 Å². The molecule has 0 bridgehead atoms. The fraction of sp³-hybridized carbons (Fsp3) is 0.850. The van der Waals surface area contributed by atoms with Crippen LogP contribution in [0, 0.1) is 0 Å². The van der Waals surface area contributed by atoms with E-state index in [9.17, 15) is 9.59 Å². The molecule has 2 aliphatic carbocycles. The van der Waals surface area contributed by atoms with E-state index >= 15 is 0 Å². The quantitative estimate of drug-likeness (QED) is 0.431. The zero-order valence-corrected chi connectivity index (χ0v) is 16.9. The SMILES string of the molecule is COC(=O)[C@@]1(C)[N+](C(C)=O)=C(C)O[B-]1(C1CCCCC1)C1CCCCC1. The largest absolute Gasteiger partial charge is 0.663 e. The second kappa shape index (κ2) is 7.36. The van der Waals surface area contributed by atoms with Crippen molar-refractivity contribution in [1.82, 2.24) is 0 Å². The molecule has 3 rings (SSSR count). The predicted molar refractivity (Wildman–Crippen MR) is 103 cm³/mol. The monoisotopic (exact) mass is 363 g/mol. The van der Waals surface area contributed by atoms with E-state index in [2.05, 4.69) is 0 Å². The first kappa shape index (κ1) is 19.4. The van der Waals surface area contributed by atoms with Gasteiger partial charge in [0.1, 0.15) is 0 Å². The first-order chi connectivity index (χ1) is 12.4. The average Bonchev–Trinajstić information content (AvgIpc) is 2.91. The highest BCUT2D eigenvalue weighted by molar-refractivity contribution is 6.84. The molecule has 5 nitrogen and oxygen atoms in total. The van der Waals surface area contributed by atoms with E-state index in [1.54, 1.807) is 4.58 Å². The molecule has 6 heteroatoms. The molecule has 0 spiro atoms. The fourth-order valence-corrected chi connectivity index (χ4v) is 6.76. The van der Waals surface area contributed by atoms with Crippen molar-refractivity contribution in [1.29, 1.82) is 0 Å². The molecule has 0 aromatic carbocycles. The van der Waals surface area contributed by atoms with Gasteiger partial charge in [-0.15, -0.1) is 11.6 Å². The summed E-state index contributed by atoms with van der Waals surface area (Å²) in [7, 11) is 1.43. The lowest BCUT2D eigenvalue weighted by molar-refractivity contribution is -0.491. The summed E-state index contributed by atoms with van der Waals surface area (Å²) < 4.78 is 13.6. The van der Waals surface area contributed by atoms with Crippen LogP contribution in [0.4, 0.5) is 0 Å². The second-order valence-corrected chi connectivity index (χ2v) is 8.84. The fourth-order valence-electron chi connectivity index (χ4n) is 6.76. The van der Waals surface area contributed by atoms with Crippen LogP contribution in [0.1, 0.15) is 85.0 Å². The number of carbonyl (C=O) groups is 2.